The lowest BCUT2D eigenvalue weighted by Crippen LogP contribution is -2.46. The maximum absolute atomic E-state index is 13.3. The van der Waals surface area contributed by atoms with E-state index in [1.54, 1.807) is 4.57 Å². The van der Waals surface area contributed by atoms with Crippen molar-refractivity contribution in [3.05, 3.63) is 63.4 Å². The first kappa shape index (κ1) is 17.6. The molecule has 0 radical (unpaired) electrons. The number of cyclic esters (lactones) is 1. The third-order valence-corrected chi connectivity index (χ3v) is 5.91. The van der Waals surface area contributed by atoms with Crippen LogP contribution in [0.25, 0.3) is 22.3 Å². The average Bonchev–Trinajstić information content (AvgIpc) is 3.06. The van der Waals surface area contributed by atoms with Crippen molar-refractivity contribution in [3.8, 4) is 11.4 Å². The molecular weight excluding hydrogens is 424 g/mol. The summed E-state index contributed by atoms with van der Waals surface area (Å²) in [7, 11) is 0. The Labute approximate surface area is 169 Å². The fourth-order valence-electron chi connectivity index (χ4n) is 4.25. The topological polar surface area (TPSA) is 70.4 Å². The van der Waals surface area contributed by atoms with Gasteiger partial charge in [0.05, 0.1) is 29.0 Å². The third-order valence-electron chi connectivity index (χ3n) is 5.69. The Morgan fingerprint density at radius 3 is 2.89 bits per heavy atom. The number of fused-ring (bicyclic) bond motifs is 5. The number of carbonyl (C=O) groups is 1. The number of rotatable bonds is 3. The zero-order chi connectivity index (χ0) is 19.5. The van der Waals surface area contributed by atoms with Crippen molar-refractivity contribution in [2.45, 2.75) is 32.1 Å². The predicted molar refractivity (Wildman–Crippen MR) is 107 cm³/mol. The van der Waals surface area contributed by atoms with Gasteiger partial charge in [0.1, 0.15) is 12.1 Å². The molecule has 142 valence electrons. The van der Waals surface area contributed by atoms with Crippen LogP contribution in [0.2, 0.25) is 0 Å². The second kappa shape index (κ2) is 6.25. The molecular formula is C21H17BrN2O4. The summed E-state index contributed by atoms with van der Waals surface area (Å²) in [5, 5.41) is 1.04. The van der Waals surface area contributed by atoms with Crippen molar-refractivity contribution in [1.29, 1.82) is 0 Å². The number of aromatic nitrogens is 2. The van der Waals surface area contributed by atoms with Gasteiger partial charge >= 0.3 is 5.97 Å². The Bertz CT molecular complexity index is 1200. The van der Waals surface area contributed by atoms with E-state index in [0.29, 0.717) is 24.1 Å². The second-order valence-corrected chi connectivity index (χ2v) is 7.47. The van der Waals surface area contributed by atoms with Gasteiger partial charge in [0, 0.05) is 16.5 Å². The molecule has 1 aromatic carbocycles. The Morgan fingerprint density at radius 2 is 2.11 bits per heavy atom. The third kappa shape index (κ3) is 2.26. The molecule has 0 fully saturated rings. The lowest BCUT2D eigenvalue weighted by Gasteiger charge is -2.35. The molecule has 5 rings (SSSR count). The van der Waals surface area contributed by atoms with Crippen molar-refractivity contribution < 1.29 is 14.3 Å². The summed E-state index contributed by atoms with van der Waals surface area (Å²) >= 11 is 3.25. The van der Waals surface area contributed by atoms with Gasteiger partial charge in [-0.15, -0.1) is 0 Å². The number of para-hydroxylation sites is 1. The Hall–Kier alpha value is -2.51. The summed E-state index contributed by atoms with van der Waals surface area (Å²) in [6, 6.07) is 11.8. The van der Waals surface area contributed by atoms with E-state index in [9.17, 15) is 9.59 Å². The van der Waals surface area contributed by atoms with E-state index in [1.165, 1.54) is 0 Å². The molecule has 4 heterocycles. The number of esters is 1. The number of benzene rings is 1. The van der Waals surface area contributed by atoms with Gasteiger partial charge in [0.25, 0.3) is 5.56 Å². The van der Waals surface area contributed by atoms with Crippen LogP contribution in [0.4, 0.5) is 0 Å². The van der Waals surface area contributed by atoms with Crippen LogP contribution in [0.5, 0.6) is 0 Å². The summed E-state index contributed by atoms with van der Waals surface area (Å²) in [5.41, 5.74) is 3.15. The summed E-state index contributed by atoms with van der Waals surface area (Å²) in [6.45, 7) is 2.27. The maximum atomic E-state index is 13.3. The van der Waals surface area contributed by atoms with Crippen molar-refractivity contribution in [3.63, 3.8) is 0 Å². The molecule has 2 aromatic heterocycles. The van der Waals surface area contributed by atoms with Crippen molar-refractivity contribution in [2.75, 3.05) is 5.52 Å². The van der Waals surface area contributed by atoms with Crippen LogP contribution < -0.4 is 5.56 Å². The van der Waals surface area contributed by atoms with Crippen LogP contribution >= 0.6 is 15.9 Å². The summed E-state index contributed by atoms with van der Waals surface area (Å²) in [5.74, 6) is -0.462. The number of carbonyl (C=O) groups excluding carboxylic acids is 1. The van der Waals surface area contributed by atoms with Crippen molar-refractivity contribution >= 4 is 32.8 Å². The first-order valence-corrected chi connectivity index (χ1v) is 10.2. The van der Waals surface area contributed by atoms with E-state index >= 15 is 0 Å². The van der Waals surface area contributed by atoms with E-state index in [1.807, 2.05) is 37.3 Å². The highest BCUT2D eigenvalue weighted by Crippen LogP contribution is 2.40. The molecule has 0 bridgehead atoms. The minimum Gasteiger partial charge on any atom is -0.458 e. The largest absolute Gasteiger partial charge is 0.458 e. The second-order valence-electron chi connectivity index (χ2n) is 7.01. The molecule has 0 unspecified atom stereocenters. The fourth-order valence-corrected chi connectivity index (χ4v) is 4.64. The van der Waals surface area contributed by atoms with Crippen LogP contribution in [-0.4, -0.2) is 21.0 Å². The number of hydrogen-bond acceptors (Lipinski definition) is 5. The molecule has 0 aliphatic carbocycles. The minimum atomic E-state index is -1.29. The van der Waals surface area contributed by atoms with Crippen LogP contribution in [-0.2, 0) is 33.0 Å². The molecule has 28 heavy (non-hydrogen) atoms. The van der Waals surface area contributed by atoms with Gasteiger partial charge in [-0.05, 0) is 24.6 Å². The first-order chi connectivity index (χ1) is 13.6. The highest BCUT2D eigenvalue weighted by atomic mass is 79.9. The summed E-state index contributed by atoms with van der Waals surface area (Å²) < 4.78 is 12.8. The van der Waals surface area contributed by atoms with Gasteiger partial charge in [0.2, 0.25) is 0 Å². The molecule has 3 aromatic rings. The number of pyridine rings is 2. The standard InChI is InChI=1S/C21H17BrN2O4/c1-2-21(28-11-22)15-8-17-18-13(7-12-5-3-4-6-16(12)23-18)9-24(17)19(25)14(15)10-27-20(21)26/h3-8H,2,9-11H2,1H3/t21-/m0/s1. The van der Waals surface area contributed by atoms with Crippen LogP contribution in [0, 0.1) is 0 Å². The van der Waals surface area contributed by atoms with Crippen molar-refractivity contribution in [2.24, 2.45) is 0 Å². The SMILES string of the molecule is CC[C@@]1(OCBr)C(=O)OCc2c1cc1n(c2=O)Cc2cc3ccccc3nc2-1. The molecule has 2 aliphatic rings. The maximum Gasteiger partial charge on any atom is 0.343 e. The molecule has 1 atom stereocenters. The Balaban J connectivity index is 1.79. The van der Waals surface area contributed by atoms with Gasteiger partial charge in [-0.1, -0.05) is 41.1 Å². The fraction of sp³-hybridized carbons (Fsp3) is 0.286. The minimum absolute atomic E-state index is 0.0353. The lowest BCUT2D eigenvalue weighted by molar-refractivity contribution is -0.177. The van der Waals surface area contributed by atoms with E-state index in [-0.39, 0.29) is 17.7 Å². The van der Waals surface area contributed by atoms with Gasteiger partial charge < -0.3 is 14.0 Å². The zero-order valence-corrected chi connectivity index (χ0v) is 16.8. The van der Waals surface area contributed by atoms with Crippen LogP contribution in [0.3, 0.4) is 0 Å². The first-order valence-electron chi connectivity index (χ1n) is 9.12. The number of ether oxygens (including phenoxy) is 2. The molecule has 7 heteroatoms. The highest BCUT2D eigenvalue weighted by Gasteiger charge is 2.48. The Morgan fingerprint density at radius 1 is 1.29 bits per heavy atom. The summed E-state index contributed by atoms with van der Waals surface area (Å²) in [4.78, 5) is 30.7. The van der Waals surface area contributed by atoms with Gasteiger partial charge in [-0.2, -0.15) is 0 Å². The van der Waals surface area contributed by atoms with Gasteiger partial charge in [0.15, 0.2) is 5.60 Å². The normalized spacial score (nSPS) is 19.9. The number of nitrogens with zero attached hydrogens (tertiary/aromatic N) is 2. The van der Waals surface area contributed by atoms with Gasteiger partial charge in [-0.25, -0.2) is 9.78 Å². The van der Waals surface area contributed by atoms with E-state index in [0.717, 1.165) is 27.9 Å². The van der Waals surface area contributed by atoms with Crippen LogP contribution in [0.1, 0.15) is 30.0 Å². The molecule has 0 saturated carbocycles. The molecule has 2 aliphatic heterocycles. The van der Waals surface area contributed by atoms with Crippen LogP contribution in [0.15, 0.2) is 41.2 Å². The average molecular weight is 441 g/mol. The summed E-state index contributed by atoms with van der Waals surface area (Å²) in [6.07, 6.45) is 0.366. The van der Waals surface area contributed by atoms with Crippen molar-refractivity contribution in [1.82, 2.24) is 9.55 Å². The van der Waals surface area contributed by atoms with E-state index < -0.39 is 11.6 Å². The number of halogens is 1. The molecule has 6 nitrogen and oxygen atoms in total. The van der Waals surface area contributed by atoms with Gasteiger partial charge in [-0.3, -0.25) is 4.79 Å². The molecule has 0 saturated heterocycles. The Kier molecular flexibility index (Phi) is 3.93. The quantitative estimate of drug-likeness (QED) is 0.360. The highest BCUT2D eigenvalue weighted by molar-refractivity contribution is 9.09. The zero-order valence-electron chi connectivity index (χ0n) is 15.2. The smallest absolute Gasteiger partial charge is 0.343 e. The van der Waals surface area contributed by atoms with E-state index in [2.05, 4.69) is 22.0 Å². The monoisotopic (exact) mass is 440 g/mol. The molecule has 0 spiro atoms. The predicted octanol–water partition coefficient (Wildman–Crippen LogP) is 3.46. The van der Waals surface area contributed by atoms with E-state index in [4.69, 9.17) is 14.5 Å². The number of hydrogen-bond donors (Lipinski definition) is 0. The molecule has 0 amide bonds. The number of alkyl halides is 1. The molecule has 0 N–H and O–H groups in total. The lowest BCUT2D eigenvalue weighted by atomic mass is 9.85.